The molecule has 0 bridgehead atoms. The summed E-state index contributed by atoms with van der Waals surface area (Å²) in [6.45, 7) is 4.16. The SMILES string of the molecule is c1cn(C2CCN(C3CCOCC3)C2)nn1. The molecule has 3 heterocycles. The van der Waals surface area contributed by atoms with E-state index in [4.69, 9.17) is 4.74 Å². The summed E-state index contributed by atoms with van der Waals surface area (Å²) in [5, 5.41) is 7.97. The second-order valence-electron chi connectivity index (χ2n) is 4.66. The fourth-order valence-corrected chi connectivity index (χ4v) is 2.78. The summed E-state index contributed by atoms with van der Waals surface area (Å²) in [4.78, 5) is 2.59. The van der Waals surface area contributed by atoms with E-state index < -0.39 is 0 Å². The molecule has 2 aliphatic rings. The van der Waals surface area contributed by atoms with E-state index in [0.717, 1.165) is 25.8 Å². The van der Waals surface area contributed by atoms with Crippen LogP contribution in [0.25, 0.3) is 0 Å². The minimum Gasteiger partial charge on any atom is -0.381 e. The van der Waals surface area contributed by atoms with E-state index in [9.17, 15) is 0 Å². The Morgan fingerprint density at radius 1 is 1.12 bits per heavy atom. The lowest BCUT2D eigenvalue weighted by molar-refractivity contribution is 0.0411. The van der Waals surface area contributed by atoms with E-state index in [2.05, 4.69) is 15.2 Å². The third-order valence-electron chi connectivity index (χ3n) is 3.72. The van der Waals surface area contributed by atoms with Crippen LogP contribution in [-0.4, -0.2) is 52.2 Å². The highest BCUT2D eigenvalue weighted by molar-refractivity contribution is 4.86. The third-order valence-corrected chi connectivity index (χ3v) is 3.72. The molecule has 2 fully saturated rings. The standard InChI is InChI=1S/C11H18N4O/c1-5-14(10-2-7-16-8-3-10)9-11(1)15-6-4-12-13-15/h4,6,10-11H,1-3,5,7-9H2. The summed E-state index contributed by atoms with van der Waals surface area (Å²) in [6, 6.07) is 1.24. The van der Waals surface area contributed by atoms with Crippen LogP contribution in [0, 0.1) is 0 Å². The van der Waals surface area contributed by atoms with Gasteiger partial charge in [-0.3, -0.25) is 4.90 Å². The average molecular weight is 222 g/mol. The lowest BCUT2D eigenvalue weighted by Crippen LogP contribution is -2.38. The summed E-state index contributed by atoms with van der Waals surface area (Å²) < 4.78 is 7.40. The zero-order valence-corrected chi connectivity index (χ0v) is 9.46. The van der Waals surface area contributed by atoms with Gasteiger partial charge in [0.1, 0.15) is 0 Å². The van der Waals surface area contributed by atoms with Crippen LogP contribution in [0.15, 0.2) is 12.4 Å². The molecule has 0 spiro atoms. The van der Waals surface area contributed by atoms with Crippen molar-refractivity contribution in [2.45, 2.75) is 31.3 Å². The van der Waals surface area contributed by atoms with Gasteiger partial charge in [0.2, 0.25) is 0 Å². The van der Waals surface area contributed by atoms with E-state index in [-0.39, 0.29) is 0 Å². The molecule has 3 rings (SSSR count). The molecule has 0 radical (unpaired) electrons. The summed E-state index contributed by atoms with van der Waals surface area (Å²) >= 11 is 0. The van der Waals surface area contributed by atoms with Gasteiger partial charge in [0.05, 0.1) is 12.2 Å². The van der Waals surface area contributed by atoms with Crippen LogP contribution < -0.4 is 0 Å². The van der Waals surface area contributed by atoms with Crippen molar-refractivity contribution >= 4 is 0 Å². The predicted molar refractivity (Wildman–Crippen MR) is 59.1 cm³/mol. The van der Waals surface area contributed by atoms with Crippen molar-refractivity contribution in [1.82, 2.24) is 19.9 Å². The van der Waals surface area contributed by atoms with Gasteiger partial charge in [-0.25, -0.2) is 4.68 Å². The first-order valence-electron chi connectivity index (χ1n) is 6.11. The van der Waals surface area contributed by atoms with Gasteiger partial charge in [-0.1, -0.05) is 5.21 Å². The maximum Gasteiger partial charge on any atom is 0.0693 e. The summed E-state index contributed by atoms with van der Waals surface area (Å²) in [6.07, 6.45) is 7.30. The van der Waals surface area contributed by atoms with E-state index in [1.807, 2.05) is 10.9 Å². The Kier molecular flexibility index (Phi) is 2.88. The maximum atomic E-state index is 5.40. The molecule has 2 saturated heterocycles. The molecule has 1 atom stereocenters. The first-order valence-corrected chi connectivity index (χ1v) is 6.11. The Labute approximate surface area is 95.4 Å². The van der Waals surface area contributed by atoms with E-state index in [1.165, 1.54) is 25.8 Å². The second kappa shape index (κ2) is 4.51. The quantitative estimate of drug-likeness (QED) is 0.739. The van der Waals surface area contributed by atoms with Gasteiger partial charge in [0.15, 0.2) is 0 Å². The molecule has 2 aliphatic heterocycles. The highest BCUT2D eigenvalue weighted by atomic mass is 16.5. The highest BCUT2D eigenvalue weighted by Gasteiger charge is 2.30. The molecule has 5 heteroatoms. The number of nitrogens with zero attached hydrogens (tertiary/aromatic N) is 4. The molecular weight excluding hydrogens is 204 g/mol. The minimum absolute atomic E-state index is 0.519. The summed E-state index contributed by atoms with van der Waals surface area (Å²) in [7, 11) is 0. The fraction of sp³-hybridized carbons (Fsp3) is 0.818. The maximum absolute atomic E-state index is 5.40. The van der Waals surface area contributed by atoms with Gasteiger partial charge in [-0.05, 0) is 19.3 Å². The van der Waals surface area contributed by atoms with Crippen molar-refractivity contribution in [3.05, 3.63) is 12.4 Å². The first-order chi connectivity index (χ1) is 7.93. The number of likely N-dealkylation sites (tertiary alicyclic amines) is 1. The molecule has 0 aromatic carbocycles. The van der Waals surface area contributed by atoms with Gasteiger partial charge in [-0.2, -0.15) is 0 Å². The zero-order valence-electron chi connectivity index (χ0n) is 9.46. The Hall–Kier alpha value is -0.940. The zero-order chi connectivity index (χ0) is 10.8. The van der Waals surface area contributed by atoms with Crippen molar-refractivity contribution in [3.63, 3.8) is 0 Å². The summed E-state index contributed by atoms with van der Waals surface area (Å²) in [5.41, 5.74) is 0. The molecule has 0 N–H and O–H groups in total. The average Bonchev–Trinajstić information content (AvgIpc) is 3.01. The van der Waals surface area contributed by atoms with Crippen molar-refractivity contribution in [1.29, 1.82) is 0 Å². The van der Waals surface area contributed by atoms with Crippen molar-refractivity contribution in [2.75, 3.05) is 26.3 Å². The predicted octanol–water partition coefficient (Wildman–Crippen LogP) is 0.704. The number of rotatable bonds is 2. The van der Waals surface area contributed by atoms with Gasteiger partial charge >= 0.3 is 0 Å². The number of hydrogen-bond acceptors (Lipinski definition) is 4. The molecule has 0 amide bonds. The molecule has 1 aromatic heterocycles. The second-order valence-corrected chi connectivity index (χ2v) is 4.66. The lowest BCUT2D eigenvalue weighted by Gasteiger charge is -2.30. The Morgan fingerprint density at radius 3 is 2.75 bits per heavy atom. The van der Waals surface area contributed by atoms with Crippen LogP contribution in [0.1, 0.15) is 25.3 Å². The van der Waals surface area contributed by atoms with E-state index in [1.54, 1.807) is 6.20 Å². The van der Waals surface area contributed by atoms with Crippen molar-refractivity contribution < 1.29 is 4.74 Å². The summed E-state index contributed by atoms with van der Waals surface area (Å²) in [5.74, 6) is 0. The first kappa shape index (κ1) is 10.2. The molecule has 1 aromatic rings. The number of hydrogen-bond donors (Lipinski definition) is 0. The van der Waals surface area contributed by atoms with E-state index >= 15 is 0 Å². The van der Waals surface area contributed by atoms with Gasteiger partial charge < -0.3 is 4.74 Å². The third kappa shape index (κ3) is 1.97. The Bertz CT molecular complexity index is 321. The van der Waals surface area contributed by atoms with Gasteiger partial charge in [0.25, 0.3) is 0 Å². The van der Waals surface area contributed by atoms with Crippen LogP contribution >= 0.6 is 0 Å². The van der Waals surface area contributed by atoms with Crippen molar-refractivity contribution in [3.8, 4) is 0 Å². The number of aromatic nitrogens is 3. The van der Waals surface area contributed by atoms with Crippen LogP contribution in [0.5, 0.6) is 0 Å². The van der Waals surface area contributed by atoms with Crippen LogP contribution in [0.3, 0.4) is 0 Å². The smallest absolute Gasteiger partial charge is 0.0693 e. The molecule has 1 unspecified atom stereocenters. The van der Waals surface area contributed by atoms with Gasteiger partial charge in [-0.15, -0.1) is 5.10 Å². The van der Waals surface area contributed by atoms with Crippen LogP contribution in [-0.2, 0) is 4.74 Å². The normalized spacial score (nSPS) is 28.6. The minimum atomic E-state index is 0.519. The highest BCUT2D eigenvalue weighted by Crippen LogP contribution is 2.25. The molecule has 0 saturated carbocycles. The van der Waals surface area contributed by atoms with E-state index in [0.29, 0.717) is 6.04 Å². The fourth-order valence-electron chi connectivity index (χ4n) is 2.78. The molecular formula is C11H18N4O. The Balaban J connectivity index is 1.60. The molecule has 88 valence electrons. The lowest BCUT2D eigenvalue weighted by atomic mass is 10.1. The topological polar surface area (TPSA) is 43.2 Å². The Morgan fingerprint density at radius 2 is 2.00 bits per heavy atom. The monoisotopic (exact) mass is 222 g/mol. The van der Waals surface area contributed by atoms with Crippen molar-refractivity contribution in [2.24, 2.45) is 0 Å². The largest absolute Gasteiger partial charge is 0.381 e. The van der Waals surface area contributed by atoms with Crippen LogP contribution in [0.2, 0.25) is 0 Å². The molecule has 5 nitrogen and oxygen atoms in total. The molecule has 0 aliphatic carbocycles. The number of ether oxygens (including phenoxy) is 1. The molecule has 16 heavy (non-hydrogen) atoms. The van der Waals surface area contributed by atoms with Gasteiger partial charge in [0, 0.05) is 38.5 Å². The van der Waals surface area contributed by atoms with Crippen LogP contribution in [0.4, 0.5) is 0 Å².